The summed E-state index contributed by atoms with van der Waals surface area (Å²) in [4.78, 5) is 22.3. The van der Waals surface area contributed by atoms with Gasteiger partial charge in [-0.15, -0.1) is 23.2 Å². The molecule has 0 aromatic heterocycles. The van der Waals surface area contributed by atoms with Gasteiger partial charge in [-0.2, -0.15) is 0 Å². The molecule has 0 heterocycles. The molecule has 0 bridgehead atoms. The van der Waals surface area contributed by atoms with Crippen LogP contribution < -0.4 is 10.9 Å². The van der Waals surface area contributed by atoms with E-state index in [1.807, 2.05) is 0 Å². The molecular weight excluding hydrogens is 243 g/mol. The molecule has 0 aliphatic heterocycles. The minimum absolute atomic E-state index is 0.230. The van der Waals surface area contributed by atoms with Crippen molar-refractivity contribution < 1.29 is 14.3 Å². The van der Waals surface area contributed by atoms with Crippen molar-refractivity contribution in [3.8, 4) is 0 Å². The fourth-order valence-electron chi connectivity index (χ4n) is 1.06. The lowest BCUT2D eigenvalue weighted by molar-refractivity contribution is -0.126. The quantitative estimate of drug-likeness (QED) is 0.578. The van der Waals surface area contributed by atoms with Gasteiger partial charge in [-0.05, 0) is 20.3 Å². The van der Waals surface area contributed by atoms with E-state index in [1.54, 1.807) is 13.8 Å². The Morgan fingerprint density at radius 1 is 1.40 bits per heavy atom. The fraction of sp³-hybridized carbons (Fsp3) is 0.750. The topological polar surface area (TPSA) is 67.4 Å². The molecule has 15 heavy (non-hydrogen) atoms. The molecule has 1 fully saturated rings. The summed E-state index contributed by atoms with van der Waals surface area (Å²) in [5, 5.41) is 0. The average Bonchev–Trinajstić information content (AvgIpc) is 2.64. The number of amides is 2. The second kappa shape index (κ2) is 4.06. The molecule has 1 rings (SSSR count). The van der Waals surface area contributed by atoms with Crippen LogP contribution in [0.25, 0.3) is 0 Å². The smallest absolute Gasteiger partial charge is 0.426 e. The molecule has 1 atom stereocenters. The first kappa shape index (κ1) is 12.4. The van der Waals surface area contributed by atoms with E-state index in [0.717, 1.165) is 0 Å². The van der Waals surface area contributed by atoms with Crippen LogP contribution in [0.2, 0.25) is 0 Å². The van der Waals surface area contributed by atoms with E-state index in [-0.39, 0.29) is 6.61 Å². The van der Waals surface area contributed by atoms with Gasteiger partial charge in [0.15, 0.2) is 0 Å². The molecule has 1 unspecified atom stereocenters. The van der Waals surface area contributed by atoms with E-state index in [0.29, 0.717) is 6.42 Å². The summed E-state index contributed by atoms with van der Waals surface area (Å²) in [7, 11) is 0. The number of nitrogens with one attached hydrogen (secondary N) is 2. The van der Waals surface area contributed by atoms with Gasteiger partial charge in [0.05, 0.1) is 12.0 Å². The van der Waals surface area contributed by atoms with E-state index in [9.17, 15) is 9.59 Å². The highest BCUT2D eigenvalue weighted by Crippen LogP contribution is 2.63. The lowest BCUT2D eigenvalue weighted by atomic mass is 10.1. The van der Waals surface area contributed by atoms with Gasteiger partial charge in [0, 0.05) is 0 Å². The average molecular weight is 255 g/mol. The summed E-state index contributed by atoms with van der Waals surface area (Å²) < 4.78 is 3.50. The van der Waals surface area contributed by atoms with Crippen LogP contribution in [0, 0.1) is 5.41 Å². The summed E-state index contributed by atoms with van der Waals surface area (Å²) in [6.45, 7) is 3.51. The monoisotopic (exact) mass is 254 g/mol. The number of carbonyl (C=O) groups is 2. The van der Waals surface area contributed by atoms with Crippen LogP contribution in [0.1, 0.15) is 20.3 Å². The molecule has 1 aliphatic carbocycles. The van der Waals surface area contributed by atoms with Gasteiger partial charge in [-0.25, -0.2) is 10.2 Å². The Kier molecular flexibility index (Phi) is 3.35. The molecule has 7 heteroatoms. The van der Waals surface area contributed by atoms with Crippen molar-refractivity contribution in [1.82, 2.24) is 10.9 Å². The third-order valence-electron chi connectivity index (χ3n) is 2.31. The zero-order chi connectivity index (χ0) is 11.7. The number of ether oxygens (including phenoxy) is 1. The Balaban J connectivity index is 2.35. The Morgan fingerprint density at radius 3 is 2.33 bits per heavy atom. The zero-order valence-corrected chi connectivity index (χ0v) is 9.91. The molecule has 0 aromatic rings. The third kappa shape index (κ3) is 2.46. The summed E-state index contributed by atoms with van der Waals surface area (Å²) in [6, 6.07) is 0. The summed E-state index contributed by atoms with van der Waals surface area (Å²) >= 11 is 11.6. The highest BCUT2D eigenvalue weighted by atomic mass is 35.5. The molecular formula is C8H12Cl2N2O3. The third-order valence-corrected chi connectivity index (χ3v) is 3.41. The molecule has 0 aromatic carbocycles. The van der Waals surface area contributed by atoms with Gasteiger partial charge in [-0.1, -0.05) is 0 Å². The standard InChI is InChI=1S/C8H12Cl2N2O3/c1-3-15-6(14)12-11-5(13)7(2)4-8(7,9)10/h3-4H2,1-2H3,(H,11,13)(H,12,14). The number of hydrogen-bond donors (Lipinski definition) is 2. The van der Waals surface area contributed by atoms with Crippen LogP contribution in [-0.2, 0) is 9.53 Å². The van der Waals surface area contributed by atoms with E-state index in [2.05, 4.69) is 15.6 Å². The lowest BCUT2D eigenvalue weighted by Gasteiger charge is -2.12. The fourth-order valence-corrected chi connectivity index (χ4v) is 1.77. The lowest BCUT2D eigenvalue weighted by Crippen LogP contribution is -2.46. The summed E-state index contributed by atoms with van der Waals surface area (Å²) in [5.74, 6) is -0.430. The van der Waals surface area contributed by atoms with Crippen LogP contribution in [0.15, 0.2) is 0 Å². The Hall–Kier alpha value is -0.680. The van der Waals surface area contributed by atoms with Gasteiger partial charge >= 0.3 is 6.09 Å². The second-order valence-corrected chi connectivity index (χ2v) is 5.00. The van der Waals surface area contributed by atoms with Crippen molar-refractivity contribution in [2.75, 3.05) is 6.61 Å². The van der Waals surface area contributed by atoms with E-state index in [4.69, 9.17) is 23.2 Å². The van der Waals surface area contributed by atoms with Crippen molar-refractivity contribution in [3.05, 3.63) is 0 Å². The highest BCUT2D eigenvalue weighted by molar-refractivity contribution is 6.53. The SMILES string of the molecule is CCOC(=O)NNC(=O)C1(C)CC1(Cl)Cl. The first-order chi connectivity index (χ1) is 6.83. The number of rotatable bonds is 2. The van der Waals surface area contributed by atoms with Crippen LogP contribution in [0.5, 0.6) is 0 Å². The van der Waals surface area contributed by atoms with Gasteiger partial charge < -0.3 is 4.74 Å². The van der Waals surface area contributed by atoms with Crippen molar-refractivity contribution in [2.24, 2.45) is 5.41 Å². The molecule has 0 spiro atoms. The maximum absolute atomic E-state index is 11.5. The molecule has 2 amide bonds. The van der Waals surface area contributed by atoms with Crippen molar-refractivity contribution in [1.29, 1.82) is 0 Å². The van der Waals surface area contributed by atoms with Crippen molar-refractivity contribution in [3.63, 3.8) is 0 Å². The number of alkyl halides is 2. The van der Waals surface area contributed by atoms with Gasteiger partial charge in [0.25, 0.3) is 0 Å². The zero-order valence-electron chi connectivity index (χ0n) is 8.39. The largest absolute Gasteiger partial charge is 0.449 e. The van der Waals surface area contributed by atoms with E-state index in [1.165, 1.54) is 0 Å². The van der Waals surface area contributed by atoms with Crippen LogP contribution in [0.4, 0.5) is 4.79 Å². The number of hydrazine groups is 1. The molecule has 2 N–H and O–H groups in total. The van der Waals surface area contributed by atoms with Crippen molar-refractivity contribution in [2.45, 2.75) is 24.6 Å². The number of carbonyl (C=O) groups excluding carboxylic acids is 2. The predicted molar refractivity (Wildman–Crippen MR) is 55.5 cm³/mol. The second-order valence-electron chi connectivity index (χ2n) is 3.51. The molecule has 1 aliphatic rings. The first-order valence-corrected chi connectivity index (χ1v) is 5.20. The Labute approximate surface area is 97.4 Å². The minimum atomic E-state index is -1.05. The van der Waals surface area contributed by atoms with Crippen LogP contribution in [0.3, 0.4) is 0 Å². The minimum Gasteiger partial charge on any atom is -0.449 e. The molecule has 0 saturated heterocycles. The van der Waals surface area contributed by atoms with Crippen LogP contribution in [-0.4, -0.2) is 22.9 Å². The van der Waals surface area contributed by atoms with Crippen molar-refractivity contribution >= 4 is 35.2 Å². The van der Waals surface area contributed by atoms with E-state index < -0.39 is 21.7 Å². The number of hydrogen-bond acceptors (Lipinski definition) is 3. The van der Waals surface area contributed by atoms with Gasteiger partial charge in [0.2, 0.25) is 5.91 Å². The Bertz CT molecular complexity index is 296. The molecule has 86 valence electrons. The van der Waals surface area contributed by atoms with Crippen LogP contribution >= 0.6 is 23.2 Å². The summed E-state index contributed by atoms with van der Waals surface area (Å²) in [6.07, 6.45) is -0.357. The Morgan fingerprint density at radius 2 is 1.93 bits per heavy atom. The highest BCUT2D eigenvalue weighted by Gasteiger charge is 2.68. The molecule has 0 radical (unpaired) electrons. The molecule has 5 nitrogen and oxygen atoms in total. The maximum Gasteiger partial charge on any atom is 0.426 e. The van der Waals surface area contributed by atoms with Gasteiger partial charge in [0.1, 0.15) is 4.33 Å². The van der Waals surface area contributed by atoms with E-state index >= 15 is 0 Å². The number of halogens is 2. The van der Waals surface area contributed by atoms with Gasteiger partial charge in [-0.3, -0.25) is 10.2 Å². The normalized spacial score (nSPS) is 26.7. The predicted octanol–water partition coefficient (Wildman–Crippen LogP) is 1.35. The molecule has 1 saturated carbocycles. The first-order valence-electron chi connectivity index (χ1n) is 4.44. The maximum atomic E-state index is 11.5. The summed E-state index contributed by atoms with van der Waals surface area (Å²) in [5.41, 5.74) is 3.43.